The predicted octanol–water partition coefficient (Wildman–Crippen LogP) is 3.94. The van der Waals surface area contributed by atoms with Gasteiger partial charge in [-0.1, -0.05) is 18.2 Å². The van der Waals surface area contributed by atoms with Crippen molar-refractivity contribution >= 4 is 11.1 Å². The Hall–Kier alpha value is -3.62. The zero-order valence-corrected chi connectivity index (χ0v) is 13.5. The van der Waals surface area contributed by atoms with E-state index in [9.17, 15) is 18.0 Å². The molecule has 0 unspecified atom stereocenters. The maximum Gasteiger partial charge on any atom is 0.573 e. The number of fused-ring (bicyclic) bond motifs is 1. The van der Waals surface area contributed by atoms with Crippen molar-refractivity contribution in [3.05, 3.63) is 71.7 Å². The second-order valence-electron chi connectivity index (χ2n) is 5.48. The van der Waals surface area contributed by atoms with Crippen LogP contribution in [0.3, 0.4) is 0 Å². The van der Waals surface area contributed by atoms with Gasteiger partial charge < -0.3 is 13.7 Å². The molecule has 0 aliphatic carbocycles. The van der Waals surface area contributed by atoms with Crippen LogP contribution in [0.1, 0.15) is 0 Å². The van der Waals surface area contributed by atoms with Crippen molar-refractivity contribution in [2.75, 3.05) is 0 Å². The first-order valence-corrected chi connectivity index (χ1v) is 7.69. The number of benzene rings is 1. The van der Waals surface area contributed by atoms with Crippen LogP contribution < -0.4 is 10.4 Å². The Morgan fingerprint density at radius 3 is 2.63 bits per heavy atom. The van der Waals surface area contributed by atoms with Gasteiger partial charge in [0.1, 0.15) is 11.3 Å². The minimum absolute atomic E-state index is 0.0696. The Kier molecular flexibility index (Phi) is 3.91. The van der Waals surface area contributed by atoms with Crippen LogP contribution in [0.5, 0.6) is 5.75 Å². The third-order valence-corrected chi connectivity index (χ3v) is 3.78. The fourth-order valence-electron chi connectivity index (χ4n) is 2.78. The standard InChI is InChI=1S/C18H10F3N3O3/c19-18(20,21)27-12-5-2-1-4-11(12)14-16(24-9-8-22-10-24)15-13(26-17(14)25)6-3-7-23-15/h1-10H. The van der Waals surface area contributed by atoms with E-state index >= 15 is 0 Å². The van der Waals surface area contributed by atoms with Gasteiger partial charge in [-0.2, -0.15) is 0 Å². The van der Waals surface area contributed by atoms with Crippen LogP contribution in [-0.4, -0.2) is 20.9 Å². The molecule has 3 aromatic heterocycles. The number of imidazole rings is 1. The molecular weight excluding hydrogens is 363 g/mol. The second kappa shape index (κ2) is 6.27. The molecule has 9 heteroatoms. The third-order valence-electron chi connectivity index (χ3n) is 3.78. The molecule has 6 nitrogen and oxygen atoms in total. The number of ether oxygens (including phenoxy) is 1. The fraction of sp³-hybridized carbons (Fsp3) is 0.0556. The van der Waals surface area contributed by atoms with Crippen LogP contribution >= 0.6 is 0 Å². The van der Waals surface area contributed by atoms with E-state index in [2.05, 4.69) is 14.7 Å². The molecule has 0 radical (unpaired) electrons. The third kappa shape index (κ3) is 3.14. The van der Waals surface area contributed by atoms with Gasteiger partial charge in [0.05, 0.1) is 17.6 Å². The minimum Gasteiger partial charge on any atom is -0.420 e. The Morgan fingerprint density at radius 1 is 1.07 bits per heavy atom. The topological polar surface area (TPSA) is 70.2 Å². The Labute approximate surface area is 149 Å². The van der Waals surface area contributed by atoms with Gasteiger partial charge in [0.2, 0.25) is 0 Å². The lowest BCUT2D eigenvalue weighted by atomic mass is 10.0. The normalized spacial score (nSPS) is 11.7. The van der Waals surface area contributed by atoms with Gasteiger partial charge in [0.15, 0.2) is 5.58 Å². The van der Waals surface area contributed by atoms with Crippen LogP contribution in [0, 0.1) is 0 Å². The molecule has 136 valence electrons. The second-order valence-corrected chi connectivity index (χ2v) is 5.48. The molecule has 0 aliphatic rings. The first-order valence-electron chi connectivity index (χ1n) is 7.69. The Bertz CT molecular complexity index is 1170. The zero-order valence-electron chi connectivity index (χ0n) is 13.5. The molecule has 0 atom stereocenters. The SMILES string of the molecule is O=c1oc2cccnc2c(-n2ccnc2)c1-c1ccccc1OC(F)(F)F. The Morgan fingerprint density at radius 2 is 1.89 bits per heavy atom. The number of para-hydroxylation sites is 1. The average Bonchev–Trinajstić information content (AvgIpc) is 3.14. The van der Waals surface area contributed by atoms with Gasteiger partial charge in [-0.05, 0) is 18.2 Å². The quantitative estimate of drug-likeness (QED) is 0.544. The number of pyridine rings is 1. The molecule has 0 saturated carbocycles. The number of halogens is 3. The molecule has 3 heterocycles. The molecule has 4 aromatic rings. The van der Waals surface area contributed by atoms with Crippen molar-refractivity contribution in [2.45, 2.75) is 6.36 Å². The highest BCUT2D eigenvalue weighted by molar-refractivity contribution is 5.91. The van der Waals surface area contributed by atoms with Crippen LogP contribution in [0.15, 0.2) is 70.5 Å². The summed E-state index contributed by atoms with van der Waals surface area (Å²) in [7, 11) is 0. The number of alkyl halides is 3. The van der Waals surface area contributed by atoms with Crippen LogP contribution in [-0.2, 0) is 0 Å². The number of hydrogen-bond donors (Lipinski definition) is 0. The average molecular weight is 373 g/mol. The van der Waals surface area contributed by atoms with Crippen molar-refractivity contribution in [1.29, 1.82) is 0 Å². The summed E-state index contributed by atoms with van der Waals surface area (Å²) in [4.78, 5) is 20.9. The molecule has 27 heavy (non-hydrogen) atoms. The minimum atomic E-state index is -4.92. The van der Waals surface area contributed by atoms with Crippen molar-refractivity contribution < 1.29 is 22.3 Å². The summed E-state index contributed by atoms with van der Waals surface area (Å²) < 4.78 is 49.3. The van der Waals surface area contributed by atoms with Gasteiger partial charge in [-0.25, -0.2) is 9.78 Å². The summed E-state index contributed by atoms with van der Waals surface area (Å²) in [5.74, 6) is -0.519. The molecule has 4 rings (SSSR count). The van der Waals surface area contributed by atoms with Crippen molar-refractivity contribution in [2.24, 2.45) is 0 Å². The van der Waals surface area contributed by atoms with E-state index in [4.69, 9.17) is 4.42 Å². The summed E-state index contributed by atoms with van der Waals surface area (Å²) >= 11 is 0. The van der Waals surface area contributed by atoms with E-state index < -0.39 is 17.7 Å². The lowest BCUT2D eigenvalue weighted by Gasteiger charge is -2.16. The van der Waals surface area contributed by atoms with Crippen molar-refractivity contribution in [3.63, 3.8) is 0 Å². The monoisotopic (exact) mass is 373 g/mol. The molecule has 0 bridgehead atoms. The van der Waals surface area contributed by atoms with E-state index in [1.807, 2.05) is 0 Å². The summed E-state index contributed by atoms with van der Waals surface area (Å²) in [5, 5.41) is 0. The first-order chi connectivity index (χ1) is 12.9. The van der Waals surface area contributed by atoms with E-state index in [0.29, 0.717) is 5.52 Å². The lowest BCUT2D eigenvalue weighted by molar-refractivity contribution is -0.274. The van der Waals surface area contributed by atoms with Gasteiger partial charge >= 0.3 is 12.0 Å². The number of aromatic nitrogens is 3. The van der Waals surface area contributed by atoms with Gasteiger partial charge in [-0.3, -0.25) is 4.98 Å². The summed E-state index contributed by atoms with van der Waals surface area (Å²) in [6.45, 7) is 0. The van der Waals surface area contributed by atoms with E-state index in [1.165, 1.54) is 41.5 Å². The van der Waals surface area contributed by atoms with E-state index in [0.717, 1.165) is 6.07 Å². The smallest absolute Gasteiger partial charge is 0.420 e. The highest BCUT2D eigenvalue weighted by atomic mass is 19.4. The largest absolute Gasteiger partial charge is 0.573 e. The van der Waals surface area contributed by atoms with Gasteiger partial charge in [-0.15, -0.1) is 13.2 Å². The molecule has 0 spiro atoms. The molecule has 0 amide bonds. The van der Waals surface area contributed by atoms with Crippen molar-refractivity contribution in [3.8, 4) is 22.6 Å². The predicted molar refractivity (Wildman–Crippen MR) is 89.5 cm³/mol. The fourth-order valence-corrected chi connectivity index (χ4v) is 2.78. The summed E-state index contributed by atoms with van der Waals surface area (Å²) in [6, 6.07) is 8.49. The molecule has 0 fully saturated rings. The first kappa shape index (κ1) is 16.8. The summed E-state index contributed by atoms with van der Waals surface area (Å²) in [5.41, 5.74) is -0.259. The van der Waals surface area contributed by atoms with E-state index in [-0.39, 0.29) is 22.4 Å². The van der Waals surface area contributed by atoms with Crippen molar-refractivity contribution in [1.82, 2.24) is 14.5 Å². The number of hydrogen-bond acceptors (Lipinski definition) is 5. The van der Waals surface area contributed by atoms with E-state index in [1.54, 1.807) is 18.3 Å². The molecule has 0 N–H and O–H groups in total. The zero-order chi connectivity index (χ0) is 19.0. The number of nitrogens with zero attached hydrogens (tertiary/aromatic N) is 3. The molecule has 1 aromatic carbocycles. The highest BCUT2D eigenvalue weighted by Gasteiger charge is 2.33. The maximum atomic E-state index is 12.8. The maximum absolute atomic E-state index is 12.8. The van der Waals surface area contributed by atoms with Crippen LogP contribution in [0.4, 0.5) is 13.2 Å². The summed E-state index contributed by atoms with van der Waals surface area (Å²) in [6.07, 6.45) is 1.02. The Balaban J connectivity index is 2.09. The van der Waals surface area contributed by atoms with Crippen LogP contribution in [0.25, 0.3) is 27.9 Å². The van der Waals surface area contributed by atoms with Gasteiger partial charge in [0.25, 0.3) is 0 Å². The molecule has 0 saturated heterocycles. The lowest BCUT2D eigenvalue weighted by Crippen LogP contribution is -2.18. The highest BCUT2D eigenvalue weighted by Crippen LogP contribution is 2.37. The van der Waals surface area contributed by atoms with Crippen LogP contribution in [0.2, 0.25) is 0 Å². The molecular formula is C18H10F3N3O3. The van der Waals surface area contributed by atoms with Gasteiger partial charge in [0, 0.05) is 24.2 Å². The molecule has 0 aliphatic heterocycles. The number of rotatable bonds is 3.